The standard InChI is InChI=1S/C3H2FN3O3/c4-7-2(9)5-1(8)6-3(7)10/h(H2,5,6,8,9,10). The van der Waals surface area contributed by atoms with E-state index in [1.165, 1.54) is 9.97 Å². The van der Waals surface area contributed by atoms with Gasteiger partial charge < -0.3 is 0 Å². The lowest BCUT2D eigenvalue weighted by molar-refractivity contribution is 0.319. The first-order chi connectivity index (χ1) is 4.61. The van der Waals surface area contributed by atoms with Gasteiger partial charge in [0.25, 0.3) is 0 Å². The van der Waals surface area contributed by atoms with Crippen molar-refractivity contribution < 1.29 is 4.48 Å². The van der Waals surface area contributed by atoms with Gasteiger partial charge in [-0.3, -0.25) is 9.97 Å². The second kappa shape index (κ2) is 1.94. The Morgan fingerprint density at radius 2 is 1.50 bits per heavy atom. The number of rotatable bonds is 0. The van der Waals surface area contributed by atoms with Crippen LogP contribution in [-0.4, -0.2) is 14.8 Å². The summed E-state index contributed by atoms with van der Waals surface area (Å²) in [7, 11) is 0. The molecule has 0 bridgehead atoms. The van der Waals surface area contributed by atoms with Crippen LogP contribution in [0, 0.1) is 0 Å². The van der Waals surface area contributed by atoms with E-state index in [4.69, 9.17) is 0 Å². The Labute approximate surface area is 51.9 Å². The number of nitrogens with zero attached hydrogens (tertiary/aromatic N) is 1. The van der Waals surface area contributed by atoms with Crippen LogP contribution >= 0.6 is 0 Å². The minimum Gasteiger partial charge on any atom is -0.257 e. The molecular weight excluding hydrogens is 145 g/mol. The fourth-order valence-corrected chi connectivity index (χ4v) is 0.416. The molecule has 10 heavy (non-hydrogen) atoms. The minimum atomic E-state index is -1.38. The first-order valence-corrected chi connectivity index (χ1v) is 2.23. The van der Waals surface area contributed by atoms with Gasteiger partial charge in [-0.25, -0.2) is 14.4 Å². The van der Waals surface area contributed by atoms with Gasteiger partial charge in [-0.05, 0) is 0 Å². The molecule has 0 fully saturated rings. The molecular formula is C3H2FN3O3. The molecule has 0 aliphatic carbocycles. The predicted octanol–water partition coefficient (Wildman–Crippen LogP) is -2.04. The Morgan fingerprint density at radius 1 is 1.10 bits per heavy atom. The molecule has 0 radical (unpaired) electrons. The molecule has 0 amide bonds. The van der Waals surface area contributed by atoms with Crippen LogP contribution in [0.5, 0.6) is 0 Å². The average Bonchev–Trinajstić information content (AvgIpc) is 1.82. The van der Waals surface area contributed by atoms with E-state index >= 15 is 0 Å². The Hall–Kier alpha value is -1.66. The van der Waals surface area contributed by atoms with E-state index in [1.54, 1.807) is 0 Å². The zero-order valence-electron chi connectivity index (χ0n) is 4.55. The second-order valence-corrected chi connectivity index (χ2v) is 1.47. The summed E-state index contributed by atoms with van der Waals surface area (Å²) in [4.78, 5) is 32.8. The van der Waals surface area contributed by atoms with Crippen LogP contribution in [0.1, 0.15) is 0 Å². The number of H-pyrrole nitrogens is 2. The van der Waals surface area contributed by atoms with Gasteiger partial charge in [0.05, 0.1) is 0 Å². The highest BCUT2D eigenvalue weighted by Gasteiger charge is 1.97. The predicted molar refractivity (Wildman–Crippen MR) is 28.4 cm³/mol. The Balaban J connectivity index is 3.80. The molecule has 54 valence electrons. The van der Waals surface area contributed by atoms with E-state index in [0.29, 0.717) is 0 Å². The molecule has 0 aliphatic heterocycles. The largest absolute Gasteiger partial charge is 0.362 e. The third-order valence-electron chi connectivity index (χ3n) is 0.798. The number of aromatic amines is 2. The molecule has 1 aromatic rings. The van der Waals surface area contributed by atoms with Gasteiger partial charge in [0, 0.05) is 0 Å². The number of hydrogen-bond donors (Lipinski definition) is 2. The van der Waals surface area contributed by atoms with Crippen molar-refractivity contribution in [2.75, 3.05) is 0 Å². The van der Waals surface area contributed by atoms with E-state index in [2.05, 4.69) is 0 Å². The van der Waals surface area contributed by atoms with E-state index in [0.717, 1.165) is 0 Å². The monoisotopic (exact) mass is 147 g/mol. The maximum Gasteiger partial charge on any atom is 0.362 e. The molecule has 0 spiro atoms. The molecule has 0 unspecified atom stereocenters. The Bertz CT molecular complexity index is 364. The van der Waals surface area contributed by atoms with E-state index in [9.17, 15) is 18.9 Å². The molecule has 1 rings (SSSR count). The number of nitrogens with one attached hydrogen (secondary N) is 2. The van der Waals surface area contributed by atoms with Crippen LogP contribution in [0.15, 0.2) is 14.4 Å². The molecule has 0 saturated carbocycles. The van der Waals surface area contributed by atoms with Crippen molar-refractivity contribution in [3.8, 4) is 0 Å². The highest BCUT2D eigenvalue weighted by atomic mass is 19.2. The van der Waals surface area contributed by atoms with Crippen molar-refractivity contribution in [2.45, 2.75) is 0 Å². The number of aromatic nitrogens is 3. The van der Waals surface area contributed by atoms with Crippen molar-refractivity contribution in [3.05, 3.63) is 31.5 Å². The lowest BCUT2D eigenvalue weighted by Gasteiger charge is -1.84. The molecule has 0 aromatic carbocycles. The molecule has 7 heteroatoms. The first-order valence-electron chi connectivity index (χ1n) is 2.23. The van der Waals surface area contributed by atoms with Gasteiger partial charge in [0.1, 0.15) is 0 Å². The van der Waals surface area contributed by atoms with Crippen molar-refractivity contribution >= 4 is 0 Å². The van der Waals surface area contributed by atoms with Crippen LogP contribution in [0.25, 0.3) is 0 Å². The summed E-state index contributed by atoms with van der Waals surface area (Å²) < 4.78 is 12.0. The van der Waals surface area contributed by atoms with Crippen molar-refractivity contribution in [3.63, 3.8) is 0 Å². The summed E-state index contributed by atoms with van der Waals surface area (Å²) in [6, 6.07) is 0. The summed E-state index contributed by atoms with van der Waals surface area (Å²) in [6.45, 7) is 0. The van der Waals surface area contributed by atoms with Crippen molar-refractivity contribution in [2.24, 2.45) is 0 Å². The van der Waals surface area contributed by atoms with Crippen LogP contribution in [0.3, 0.4) is 0 Å². The van der Waals surface area contributed by atoms with E-state index in [-0.39, 0.29) is 0 Å². The molecule has 0 saturated heterocycles. The first kappa shape index (κ1) is 6.46. The summed E-state index contributed by atoms with van der Waals surface area (Å²) >= 11 is 0. The molecule has 1 aromatic heterocycles. The number of hydrogen-bond acceptors (Lipinski definition) is 3. The molecule has 1 heterocycles. The quantitative estimate of drug-likeness (QED) is 0.443. The Kier molecular flexibility index (Phi) is 1.25. The van der Waals surface area contributed by atoms with Crippen LogP contribution in [0.4, 0.5) is 4.48 Å². The normalized spacial score (nSPS) is 9.70. The molecule has 6 nitrogen and oxygen atoms in total. The van der Waals surface area contributed by atoms with Gasteiger partial charge in [-0.2, -0.15) is 0 Å². The lowest BCUT2D eigenvalue weighted by atomic mass is 11.0. The van der Waals surface area contributed by atoms with Crippen molar-refractivity contribution in [1.29, 1.82) is 0 Å². The maximum atomic E-state index is 12.0. The fraction of sp³-hybridized carbons (Fsp3) is 0. The van der Waals surface area contributed by atoms with Crippen LogP contribution in [0.2, 0.25) is 0 Å². The number of halogens is 1. The zero-order chi connectivity index (χ0) is 7.72. The third kappa shape index (κ3) is 0.879. The highest BCUT2D eigenvalue weighted by Crippen LogP contribution is 1.53. The Morgan fingerprint density at radius 3 is 1.90 bits per heavy atom. The summed E-state index contributed by atoms with van der Waals surface area (Å²) in [5, 5.41) is 0. The molecule has 0 aliphatic rings. The summed E-state index contributed by atoms with van der Waals surface area (Å²) in [5.41, 5.74) is -3.79. The van der Waals surface area contributed by atoms with Gasteiger partial charge in [-0.15, -0.1) is 0 Å². The van der Waals surface area contributed by atoms with Gasteiger partial charge >= 0.3 is 17.1 Å². The highest BCUT2D eigenvalue weighted by molar-refractivity contribution is 4.63. The van der Waals surface area contributed by atoms with Gasteiger partial charge in [0.15, 0.2) is 0 Å². The molecule has 2 N–H and O–H groups in total. The maximum absolute atomic E-state index is 12.0. The summed E-state index contributed by atoms with van der Waals surface area (Å²) in [6.07, 6.45) is 0. The SMILES string of the molecule is O=c1[nH]c(=O)n(F)c(=O)[nH]1. The average molecular weight is 147 g/mol. The smallest absolute Gasteiger partial charge is 0.257 e. The van der Waals surface area contributed by atoms with Crippen LogP contribution < -0.4 is 17.1 Å². The van der Waals surface area contributed by atoms with Gasteiger partial charge in [-0.1, -0.05) is 9.27 Å². The zero-order valence-corrected chi connectivity index (χ0v) is 4.55. The van der Waals surface area contributed by atoms with E-state index < -0.39 is 21.9 Å². The fourth-order valence-electron chi connectivity index (χ4n) is 0.416. The van der Waals surface area contributed by atoms with Crippen LogP contribution in [-0.2, 0) is 0 Å². The molecule has 0 atom stereocenters. The summed E-state index contributed by atoms with van der Waals surface area (Å²) in [5.74, 6) is 0. The van der Waals surface area contributed by atoms with E-state index in [1.807, 2.05) is 0 Å². The third-order valence-corrected chi connectivity index (χ3v) is 0.798. The second-order valence-electron chi connectivity index (χ2n) is 1.47. The lowest BCUT2D eigenvalue weighted by Crippen LogP contribution is -2.39. The van der Waals surface area contributed by atoms with Crippen molar-refractivity contribution in [1.82, 2.24) is 14.8 Å². The van der Waals surface area contributed by atoms with Gasteiger partial charge in [0.2, 0.25) is 0 Å². The minimum absolute atomic E-state index is 0.735. The topological polar surface area (TPSA) is 87.7 Å².